The topological polar surface area (TPSA) is 26.3 Å². The molecule has 2 aromatic carbocycles. The minimum Gasteiger partial charge on any atom is -0.444 e. The molecule has 0 spiro atoms. The van der Waals surface area contributed by atoms with E-state index < -0.39 is 8.03 Å². The molecule has 20 heavy (non-hydrogen) atoms. The van der Waals surface area contributed by atoms with Crippen LogP contribution in [0.3, 0.4) is 0 Å². The summed E-state index contributed by atoms with van der Waals surface area (Å²) in [5.74, 6) is 3.31. The highest BCUT2D eigenvalue weighted by molar-refractivity contribution is 7.38. The average Bonchev–Trinajstić information content (AvgIpc) is 2.44. The first kappa shape index (κ1) is 14.4. The van der Waals surface area contributed by atoms with Crippen molar-refractivity contribution in [3.63, 3.8) is 0 Å². The molecule has 0 heterocycles. The molecule has 2 rings (SSSR count). The quantitative estimate of drug-likeness (QED) is 0.607. The minimum atomic E-state index is -2.17. The van der Waals surface area contributed by atoms with Crippen LogP contribution in [0.4, 0.5) is 0 Å². The molecule has 0 aliphatic rings. The second-order valence-corrected chi connectivity index (χ2v) is 5.87. The standard InChI is InChI=1S/C17H17O2P/c1-3-8-15-10-5-6-11-16(15)13-20(18)19-17-12-7-4-9-14(17)2/h1,4-7,9-12,20H,8,13H2,2H3. The van der Waals surface area contributed by atoms with Gasteiger partial charge in [-0.05, 0) is 29.7 Å². The van der Waals surface area contributed by atoms with Crippen LogP contribution in [0.5, 0.6) is 5.75 Å². The molecule has 2 nitrogen and oxygen atoms in total. The maximum atomic E-state index is 12.2. The molecule has 2 aromatic rings. The molecular formula is C17H17O2P. The van der Waals surface area contributed by atoms with E-state index >= 15 is 0 Å². The fourth-order valence-electron chi connectivity index (χ4n) is 2.00. The van der Waals surface area contributed by atoms with Crippen LogP contribution in [0.25, 0.3) is 0 Å². The average molecular weight is 284 g/mol. The molecule has 0 bridgehead atoms. The van der Waals surface area contributed by atoms with Crippen LogP contribution in [0.15, 0.2) is 48.5 Å². The summed E-state index contributed by atoms with van der Waals surface area (Å²) in [5.41, 5.74) is 3.03. The van der Waals surface area contributed by atoms with Gasteiger partial charge in [-0.2, -0.15) is 0 Å². The smallest absolute Gasteiger partial charge is 0.240 e. The zero-order valence-electron chi connectivity index (χ0n) is 11.4. The number of hydrogen-bond donors (Lipinski definition) is 0. The van der Waals surface area contributed by atoms with E-state index in [1.807, 2.05) is 55.5 Å². The molecule has 0 aliphatic carbocycles. The summed E-state index contributed by atoms with van der Waals surface area (Å²) in [6, 6.07) is 15.4. The first-order valence-electron chi connectivity index (χ1n) is 6.47. The Bertz CT molecular complexity index is 656. The van der Waals surface area contributed by atoms with Crippen LogP contribution >= 0.6 is 8.03 Å². The molecule has 0 aromatic heterocycles. The van der Waals surface area contributed by atoms with E-state index in [2.05, 4.69) is 5.92 Å². The summed E-state index contributed by atoms with van der Waals surface area (Å²) < 4.78 is 17.8. The molecule has 0 radical (unpaired) electrons. The molecule has 3 heteroatoms. The number of hydrogen-bond acceptors (Lipinski definition) is 2. The normalized spacial score (nSPS) is 11.6. The third-order valence-electron chi connectivity index (χ3n) is 3.06. The molecule has 0 aliphatic heterocycles. The number of benzene rings is 2. The van der Waals surface area contributed by atoms with E-state index in [0.29, 0.717) is 18.3 Å². The molecule has 0 amide bonds. The van der Waals surface area contributed by atoms with Crippen LogP contribution in [-0.2, 0) is 17.1 Å². The highest BCUT2D eigenvalue weighted by Crippen LogP contribution is 2.33. The Hall–Kier alpha value is -1.97. The lowest BCUT2D eigenvalue weighted by atomic mass is 10.1. The van der Waals surface area contributed by atoms with Crippen molar-refractivity contribution in [1.29, 1.82) is 0 Å². The fraction of sp³-hybridized carbons (Fsp3) is 0.176. The van der Waals surface area contributed by atoms with Gasteiger partial charge in [-0.15, -0.1) is 12.3 Å². The number of aryl methyl sites for hydroxylation is 1. The van der Waals surface area contributed by atoms with Gasteiger partial charge in [0.25, 0.3) is 0 Å². The minimum absolute atomic E-state index is 0.414. The molecule has 1 unspecified atom stereocenters. The summed E-state index contributed by atoms with van der Waals surface area (Å²) in [6.07, 6.45) is 6.32. The predicted octanol–water partition coefficient (Wildman–Crippen LogP) is 4.22. The van der Waals surface area contributed by atoms with E-state index in [9.17, 15) is 4.57 Å². The molecule has 0 N–H and O–H groups in total. The lowest BCUT2D eigenvalue weighted by molar-refractivity contribution is 0.502. The van der Waals surface area contributed by atoms with E-state index in [-0.39, 0.29) is 0 Å². The Kier molecular flexibility index (Phi) is 5.04. The maximum absolute atomic E-state index is 12.2. The third-order valence-corrected chi connectivity index (χ3v) is 4.18. The fourth-order valence-corrected chi connectivity index (χ4v) is 3.20. The molecule has 0 saturated carbocycles. The Labute approximate surface area is 120 Å². The monoisotopic (exact) mass is 284 g/mol. The van der Waals surface area contributed by atoms with Gasteiger partial charge in [0.15, 0.2) is 0 Å². The largest absolute Gasteiger partial charge is 0.444 e. The van der Waals surface area contributed by atoms with Gasteiger partial charge in [0, 0.05) is 6.42 Å². The Morgan fingerprint density at radius 3 is 2.45 bits per heavy atom. The number of rotatable bonds is 5. The van der Waals surface area contributed by atoms with Crippen LogP contribution < -0.4 is 4.52 Å². The summed E-state index contributed by atoms with van der Waals surface area (Å²) in [4.78, 5) is 0. The van der Waals surface area contributed by atoms with Gasteiger partial charge >= 0.3 is 0 Å². The van der Waals surface area contributed by atoms with Gasteiger partial charge in [-0.3, -0.25) is 4.57 Å². The summed E-state index contributed by atoms with van der Waals surface area (Å²) in [6.45, 7) is 1.94. The van der Waals surface area contributed by atoms with Gasteiger partial charge < -0.3 is 4.52 Å². The van der Waals surface area contributed by atoms with E-state index in [1.54, 1.807) is 0 Å². The van der Waals surface area contributed by atoms with Gasteiger partial charge in [0.1, 0.15) is 5.75 Å². The second kappa shape index (κ2) is 6.98. The van der Waals surface area contributed by atoms with E-state index in [1.165, 1.54) is 0 Å². The van der Waals surface area contributed by atoms with Crippen molar-refractivity contribution in [2.24, 2.45) is 0 Å². The summed E-state index contributed by atoms with van der Waals surface area (Å²) in [7, 11) is -2.17. The third kappa shape index (κ3) is 3.76. The highest BCUT2D eigenvalue weighted by atomic mass is 31.1. The lowest BCUT2D eigenvalue weighted by Gasteiger charge is -2.10. The lowest BCUT2D eigenvalue weighted by Crippen LogP contribution is -1.93. The van der Waals surface area contributed by atoms with Gasteiger partial charge in [-0.25, -0.2) is 0 Å². The van der Waals surface area contributed by atoms with Crippen LogP contribution in [0.1, 0.15) is 16.7 Å². The SMILES string of the molecule is C#CCc1ccccc1C[PH](=O)Oc1ccccc1C. The van der Waals surface area contributed by atoms with Crippen LogP contribution in [-0.4, -0.2) is 0 Å². The van der Waals surface area contributed by atoms with E-state index in [0.717, 1.165) is 16.7 Å². The second-order valence-electron chi connectivity index (χ2n) is 4.57. The zero-order chi connectivity index (χ0) is 14.4. The first-order chi connectivity index (χ1) is 9.70. The highest BCUT2D eigenvalue weighted by Gasteiger charge is 2.08. The van der Waals surface area contributed by atoms with Crippen molar-refractivity contribution >= 4 is 8.03 Å². The van der Waals surface area contributed by atoms with Crippen molar-refractivity contribution in [3.05, 3.63) is 65.2 Å². The summed E-state index contributed by atoms with van der Waals surface area (Å²) >= 11 is 0. The number of terminal acetylenes is 1. The van der Waals surface area contributed by atoms with Gasteiger partial charge in [0.2, 0.25) is 8.03 Å². The number of para-hydroxylation sites is 1. The van der Waals surface area contributed by atoms with Crippen molar-refractivity contribution in [1.82, 2.24) is 0 Å². The van der Waals surface area contributed by atoms with Crippen molar-refractivity contribution in [2.45, 2.75) is 19.5 Å². The van der Waals surface area contributed by atoms with Crippen molar-refractivity contribution in [3.8, 4) is 18.1 Å². The Morgan fingerprint density at radius 1 is 1.10 bits per heavy atom. The zero-order valence-corrected chi connectivity index (χ0v) is 12.4. The molecular weight excluding hydrogens is 267 g/mol. The molecule has 0 fully saturated rings. The predicted molar refractivity (Wildman–Crippen MR) is 83.5 cm³/mol. The molecule has 1 atom stereocenters. The van der Waals surface area contributed by atoms with Gasteiger partial charge in [-0.1, -0.05) is 42.5 Å². The van der Waals surface area contributed by atoms with E-state index in [4.69, 9.17) is 10.9 Å². The Balaban J connectivity index is 2.09. The maximum Gasteiger partial charge on any atom is 0.240 e. The van der Waals surface area contributed by atoms with Crippen molar-refractivity contribution in [2.75, 3.05) is 0 Å². The van der Waals surface area contributed by atoms with Gasteiger partial charge in [0.05, 0.1) is 6.16 Å². The van der Waals surface area contributed by atoms with Crippen LogP contribution in [0, 0.1) is 19.3 Å². The van der Waals surface area contributed by atoms with Crippen LogP contribution in [0.2, 0.25) is 0 Å². The summed E-state index contributed by atoms with van der Waals surface area (Å²) in [5, 5.41) is 0. The molecule has 102 valence electrons. The Morgan fingerprint density at radius 2 is 1.75 bits per heavy atom. The first-order valence-corrected chi connectivity index (χ1v) is 7.99. The van der Waals surface area contributed by atoms with Crippen molar-refractivity contribution < 1.29 is 9.09 Å². The molecule has 0 saturated heterocycles.